The van der Waals surface area contributed by atoms with Gasteiger partial charge in [-0.15, -0.1) is 0 Å². The van der Waals surface area contributed by atoms with E-state index in [2.05, 4.69) is 5.32 Å². The van der Waals surface area contributed by atoms with Gasteiger partial charge in [-0.2, -0.15) is 11.8 Å². The summed E-state index contributed by atoms with van der Waals surface area (Å²) in [4.78, 5) is 12.1. The van der Waals surface area contributed by atoms with Gasteiger partial charge in [0.05, 0.1) is 0 Å². The molecule has 2 aromatic rings. The molecule has 5 heteroatoms. The molecular weight excluding hydrogens is 345 g/mol. The lowest BCUT2D eigenvalue weighted by Crippen LogP contribution is -2.13. The van der Waals surface area contributed by atoms with Crippen molar-refractivity contribution in [2.24, 2.45) is 0 Å². The molecule has 0 aliphatic carbocycles. The van der Waals surface area contributed by atoms with Crippen LogP contribution >= 0.6 is 23.4 Å². The first kappa shape index (κ1) is 18.8. The van der Waals surface area contributed by atoms with Crippen molar-refractivity contribution in [2.75, 3.05) is 11.1 Å². The maximum absolute atomic E-state index is 13.0. The standard InChI is InChI=1S/C19H21ClFNOS/c1-13-5-3-6-14(2)19(13)22-18(23)7-4-10-24-12-15-8-9-16(21)11-17(15)20/h3,5-6,8-9,11H,4,7,10,12H2,1-2H3,(H,22,23). The van der Waals surface area contributed by atoms with Crippen LogP contribution in [0.15, 0.2) is 36.4 Å². The van der Waals surface area contributed by atoms with E-state index >= 15 is 0 Å². The first-order chi connectivity index (χ1) is 11.5. The Hall–Kier alpha value is -1.52. The number of anilines is 1. The highest BCUT2D eigenvalue weighted by atomic mass is 35.5. The van der Waals surface area contributed by atoms with Crippen LogP contribution in [0.3, 0.4) is 0 Å². The number of para-hydroxylation sites is 1. The van der Waals surface area contributed by atoms with Gasteiger partial charge >= 0.3 is 0 Å². The molecule has 0 unspecified atom stereocenters. The van der Waals surface area contributed by atoms with Crippen LogP contribution in [0, 0.1) is 19.7 Å². The largest absolute Gasteiger partial charge is 0.326 e. The number of carbonyl (C=O) groups excluding carboxylic acids is 1. The normalized spacial score (nSPS) is 10.7. The van der Waals surface area contributed by atoms with Crippen molar-refractivity contribution in [3.8, 4) is 0 Å². The third kappa shape index (κ3) is 5.53. The second kappa shape index (κ2) is 9.09. The number of carbonyl (C=O) groups is 1. The molecule has 1 N–H and O–H groups in total. The second-order valence-corrected chi connectivity index (χ2v) is 7.22. The molecule has 0 bridgehead atoms. The van der Waals surface area contributed by atoms with Crippen molar-refractivity contribution >= 4 is 35.0 Å². The van der Waals surface area contributed by atoms with Gasteiger partial charge in [-0.25, -0.2) is 4.39 Å². The number of amides is 1. The van der Waals surface area contributed by atoms with Crippen LogP contribution in [0.4, 0.5) is 10.1 Å². The quantitative estimate of drug-likeness (QED) is 0.633. The highest BCUT2D eigenvalue weighted by molar-refractivity contribution is 7.98. The first-order valence-electron chi connectivity index (χ1n) is 7.85. The van der Waals surface area contributed by atoms with E-state index in [1.807, 2.05) is 32.0 Å². The van der Waals surface area contributed by atoms with Gasteiger partial charge in [0.25, 0.3) is 0 Å². The second-order valence-electron chi connectivity index (χ2n) is 5.71. The lowest BCUT2D eigenvalue weighted by Gasteiger charge is -2.11. The van der Waals surface area contributed by atoms with Crippen LogP contribution in [0.1, 0.15) is 29.5 Å². The number of thioether (sulfide) groups is 1. The van der Waals surface area contributed by atoms with E-state index in [-0.39, 0.29) is 11.7 Å². The minimum absolute atomic E-state index is 0.0350. The van der Waals surface area contributed by atoms with E-state index in [0.717, 1.165) is 40.3 Å². The smallest absolute Gasteiger partial charge is 0.224 e. The summed E-state index contributed by atoms with van der Waals surface area (Å²) in [5, 5.41) is 3.45. The first-order valence-corrected chi connectivity index (χ1v) is 9.38. The number of nitrogens with one attached hydrogen (secondary N) is 1. The molecule has 0 fully saturated rings. The summed E-state index contributed by atoms with van der Waals surface area (Å²) in [5.74, 6) is 1.29. The lowest BCUT2D eigenvalue weighted by molar-refractivity contribution is -0.116. The molecule has 0 atom stereocenters. The summed E-state index contributed by atoms with van der Waals surface area (Å²) < 4.78 is 13.0. The van der Waals surface area contributed by atoms with Crippen molar-refractivity contribution < 1.29 is 9.18 Å². The van der Waals surface area contributed by atoms with Crippen molar-refractivity contribution in [1.82, 2.24) is 0 Å². The molecule has 2 aromatic carbocycles. The molecule has 0 aliphatic rings. The molecule has 128 valence electrons. The number of rotatable bonds is 7. The summed E-state index contributed by atoms with van der Waals surface area (Å²) in [5.41, 5.74) is 3.98. The van der Waals surface area contributed by atoms with Crippen LogP contribution in [-0.2, 0) is 10.5 Å². The van der Waals surface area contributed by atoms with E-state index < -0.39 is 0 Å². The van der Waals surface area contributed by atoms with Gasteiger partial charge in [0.1, 0.15) is 5.82 Å². The van der Waals surface area contributed by atoms with E-state index in [1.165, 1.54) is 12.1 Å². The van der Waals surface area contributed by atoms with E-state index in [4.69, 9.17) is 11.6 Å². The molecule has 24 heavy (non-hydrogen) atoms. The molecule has 0 aliphatic heterocycles. The molecule has 0 radical (unpaired) electrons. The average molecular weight is 366 g/mol. The Morgan fingerprint density at radius 2 is 1.92 bits per heavy atom. The Balaban J connectivity index is 1.71. The molecule has 0 saturated heterocycles. The summed E-state index contributed by atoms with van der Waals surface area (Å²) in [6.45, 7) is 3.98. The van der Waals surface area contributed by atoms with Crippen LogP contribution in [0.2, 0.25) is 5.02 Å². The van der Waals surface area contributed by atoms with E-state index in [1.54, 1.807) is 17.8 Å². The number of aryl methyl sites for hydroxylation is 2. The van der Waals surface area contributed by atoms with Gasteiger partial charge in [-0.05, 0) is 54.8 Å². The third-order valence-electron chi connectivity index (χ3n) is 3.71. The van der Waals surface area contributed by atoms with Gasteiger partial charge in [0.15, 0.2) is 0 Å². The summed E-state index contributed by atoms with van der Waals surface area (Å²) in [7, 11) is 0. The zero-order valence-electron chi connectivity index (χ0n) is 13.9. The third-order valence-corrected chi connectivity index (χ3v) is 5.16. The predicted octanol–water partition coefficient (Wildman–Crippen LogP) is 5.75. The van der Waals surface area contributed by atoms with Gasteiger partial charge < -0.3 is 5.32 Å². The van der Waals surface area contributed by atoms with E-state index in [9.17, 15) is 9.18 Å². The zero-order chi connectivity index (χ0) is 17.5. The maximum atomic E-state index is 13.0. The maximum Gasteiger partial charge on any atom is 0.224 e. The van der Waals surface area contributed by atoms with E-state index in [0.29, 0.717) is 11.4 Å². The van der Waals surface area contributed by atoms with Crippen molar-refractivity contribution in [2.45, 2.75) is 32.4 Å². The van der Waals surface area contributed by atoms with Gasteiger partial charge in [-0.3, -0.25) is 4.79 Å². The Labute approximate surface area is 151 Å². The molecule has 0 heterocycles. The number of hydrogen-bond donors (Lipinski definition) is 1. The molecule has 0 aromatic heterocycles. The SMILES string of the molecule is Cc1cccc(C)c1NC(=O)CCCSCc1ccc(F)cc1Cl. The minimum Gasteiger partial charge on any atom is -0.326 e. The van der Waals surface area contributed by atoms with Crippen molar-refractivity contribution in [1.29, 1.82) is 0 Å². The molecule has 2 rings (SSSR count). The van der Waals surface area contributed by atoms with Gasteiger partial charge in [0.2, 0.25) is 5.91 Å². The molecule has 1 amide bonds. The average Bonchev–Trinajstić information content (AvgIpc) is 2.52. The molecule has 0 saturated carbocycles. The fraction of sp³-hybridized carbons (Fsp3) is 0.316. The summed E-state index contributed by atoms with van der Waals surface area (Å²) >= 11 is 7.69. The van der Waals surface area contributed by atoms with Crippen molar-refractivity contribution in [3.63, 3.8) is 0 Å². The van der Waals surface area contributed by atoms with Gasteiger partial charge in [-0.1, -0.05) is 35.9 Å². The Bertz CT molecular complexity index is 700. The summed E-state index contributed by atoms with van der Waals surface area (Å²) in [6.07, 6.45) is 1.28. The Morgan fingerprint density at radius 1 is 1.21 bits per heavy atom. The Morgan fingerprint density at radius 3 is 2.58 bits per heavy atom. The number of hydrogen-bond acceptors (Lipinski definition) is 2. The fourth-order valence-electron chi connectivity index (χ4n) is 2.37. The van der Waals surface area contributed by atoms with Crippen LogP contribution in [0.25, 0.3) is 0 Å². The van der Waals surface area contributed by atoms with Crippen LogP contribution in [0.5, 0.6) is 0 Å². The highest BCUT2D eigenvalue weighted by Crippen LogP contribution is 2.23. The topological polar surface area (TPSA) is 29.1 Å². The zero-order valence-corrected chi connectivity index (χ0v) is 15.4. The fourth-order valence-corrected chi connectivity index (χ4v) is 3.65. The minimum atomic E-state index is -0.322. The highest BCUT2D eigenvalue weighted by Gasteiger charge is 2.07. The van der Waals surface area contributed by atoms with Crippen LogP contribution in [-0.4, -0.2) is 11.7 Å². The molecule has 0 spiro atoms. The predicted molar refractivity (Wildman–Crippen MR) is 101 cm³/mol. The van der Waals surface area contributed by atoms with Crippen LogP contribution < -0.4 is 5.32 Å². The van der Waals surface area contributed by atoms with Gasteiger partial charge in [0, 0.05) is 22.9 Å². The lowest BCUT2D eigenvalue weighted by atomic mass is 10.1. The number of benzene rings is 2. The summed E-state index contributed by atoms with van der Waals surface area (Å²) in [6, 6.07) is 10.4. The van der Waals surface area contributed by atoms with Crippen molar-refractivity contribution in [3.05, 3.63) is 63.9 Å². The Kier molecular flexibility index (Phi) is 7.13. The number of halogens is 2. The molecular formula is C19H21ClFNOS. The molecule has 2 nitrogen and oxygen atoms in total. The monoisotopic (exact) mass is 365 g/mol.